The molecule has 6 heteroatoms. The van der Waals surface area contributed by atoms with Crippen LogP contribution in [0.3, 0.4) is 0 Å². The highest BCUT2D eigenvalue weighted by molar-refractivity contribution is 6.32. The summed E-state index contributed by atoms with van der Waals surface area (Å²) in [5, 5.41) is 3.24. The van der Waals surface area contributed by atoms with Gasteiger partial charge < -0.3 is 19.5 Å². The van der Waals surface area contributed by atoms with Crippen molar-refractivity contribution >= 4 is 23.2 Å². The number of nitrogens with one attached hydrogen (secondary N) is 1. The van der Waals surface area contributed by atoms with Gasteiger partial charge in [0, 0.05) is 18.6 Å². The largest absolute Gasteiger partial charge is 0.495 e. The molecule has 0 aliphatic rings. The van der Waals surface area contributed by atoms with Gasteiger partial charge in [-0.3, -0.25) is 4.79 Å². The van der Waals surface area contributed by atoms with Crippen LogP contribution in [0.4, 0.5) is 5.69 Å². The van der Waals surface area contributed by atoms with Crippen molar-refractivity contribution in [3.05, 3.63) is 47.0 Å². The molecular weight excluding hydrogens is 342 g/mol. The SMILES string of the molecule is COc1cc(NC(=O)CCCOc2ccccc2C)c(OC)cc1Cl. The predicted molar refractivity (Wildman–Crippen MR) is 99.1 cm³/mol. The first-order chi connectivity index (χ1) is 12.0. The summed E-state index contributed by atoms with van der Waals surface area (Å²) >= 11 is 6.06. The van der Waals surface area contributed by atoms with Gasteiger partial charge in [0.05, 0.1) is 31.5 Å². The number of carbonyl (C=O) groups excluding carboxylic acids is 1. The lowest BCUT2D eigenvalue weighted by Crippen LogP contribution is -2.13. The first kappa shape index (κ1) is 18.9. The van der Waals surface area contributed by atoms with Gasteiger partial charge in [0.25, 0.3) is 0 Å². The molecule has 0 atom stereocenters. The monoisotopic (exact) mass is 363 g/mol. The molecule has 0 saturated heterocycles. The average Bonchev–Trinajstić information content (AvgIpc) is 2.61. The molecule has 2 aromatic rings. The van der Waals surface area contributed by atoms with Crippen molar-refractivity contribution in [1.82, 2.24) is 0 Å². The van der Waals surface area contributed by atoms with E-state index in [0.29, 0.717) is 41.7 Å². The van der Waals surface area contributed by atoms with Crippen molar-refractivity contribution in [2.75, 3.05) is 26.1 Å². The highest BCUT2D eigenvalue weighted by atomic mass is 35.5. The summed E-state index contributed by atoms with van der Waals surface area (Å²) in [6.07, 6.45) is 0.938. The third kappa shape index (κ3) is 5.29. The fourth-order valence-corrected chi connectivity index (χ4v) is 2.53. The van der Waals surface area contributed by atoms with Crippen molar-refractivity contribution in [2.45, 2.75) is 19.8 Å². The van der Waals surface area contributed by atoms with E-state index in [9.17, 15) is 4.79 Å². The highest BCUT2D eigenvalue weighted by Gasteiger charge is 2.12. The van der Waals surface area contributed by atoms with E-state index < -0.39 is 0 Å². The third-order valence-electron chi connectivity index (χ3n) is 3.65. The topological polar surface area (TPSA) is 56.8 Å². The number of hydrogen-bond acceptors (Lipinski definition) is 4. The molecule has 0 aliphatic carbocycles. The summed E-state index contributed by atoms with van der Waals surface area (Å²) in [6.45, 7) is 2.46. The van der Waals surface area contributed by atoms with Gasteiger partial charge in [-0.05, 0) is 25.0 Å². The lowest BCUT2D eigenvalue weighted by atomic mass is 10.2. The van der Waals surface area contributed by atoms with Crippen molar-refractivity contribution in [2.24, 2.45) is 0 Å². The van der Waals surface area contributed by atoms with Crippen molar-refractivity contribution in [3.8, 4) is 17.2 Å². The minimum atomic E-state index is -0.129. The number of para-hydroxylation sites is 1. The normalized spacial score (nSPS) is 10.2. The van der Waals surface area contributed by atoms with Gasteiger partial charge >= 0.3 is 0 Å². The summed E-state index contributed by atoms with van der Waals surface area (Å²) in [5.74, 6) is 1.67. The Bertz CT molecular complexity index is 733. The Morgan fingerprint density at radius 1 is 1.08 bits per heavy atom. The molecule has 5 nitrogen and oxygen atoms in total. The zero-order chi connectivity index (χ0) is 18.2. The lowest BCUT2D eigenvalue weighted by molar-refractivity contribution is -0.116. The maximum absolute atomic E-state index is 12.1. The minimum Gasteiger partial charge on any atom is -0.495 e. The molecule has 2 rings (SSSR count). The van der Waals surface area contributed by atoms with Crippen LogP contribution in [0.1, 0.15) is 18.4 Å². The number of hydrogen-bond donors (Lipinski definition) is 1. The standard InChI is InChI=1S/C19H22ClNO4/c1-13-7-4-5-8-16(13)25-10-6-9-19(22)21-15-12-17(23-2)14(20)11-18(15)24-3/h4-5,7-8,11-12H,6,9-10H2,1-3H3,(H,21,22). The maximum Gasteiger partial charge on any atom is 0.224 e. The molecule has 2 aromatic carbocycles. The maximum atomic E-state index is 12.1. The van der Waals surface area contributed by atoms with Gasteiger partial charge in [-0.2, -0.15) is 0 Å². The second kappa shape index (κ2) is 9.18. The van der Waals surface area contributed by atoms with Crippen LogP contribution in [-0.2, 0) is 4.79 Å². The Balaban J connectivity index is 1.87. The van der Waals surface area contributed by atoms with Crippen LogP contribution >= 0.6 is 11.6 Å². The van der Waals surface area contributed by atoms with E-state index in [1.165, 1.54) is 14.2 Å². The molecule has 0 radical (unpaired) electrons. The van der Waals surface area contributed by atoms with Crippen LogP contribution in [-0.4, -0.2) is 26.7 Å². The van der Waals surface area contributed by atoms with Gasteiger partial charge in [0.1, 0.15) is 17.2 Å². The Hall–Kier alpha value is -2.40. The number of benzene rings is 2. The van der Waals surface area contributed by atoms with Gasteiger partial charge in [-0.25, -0.2) is 0 Å². The Kier molecular flexibility index (Phi) is 6.95. The fraction of sp³-hybridized carbons (Fsp3) is 0.316. The molecule has 25 heavy (non-hydrogen) atoms. The fourth-order valence-electron chi connectivity index (χ4n) is 2.30. The smallest absolute Gasteiger partial charge is 0.224 e. The molecule has 134 valence electrons. The number of anilines is 1. The molecule has 0 spiro atoms. The predicted octanol–water partition coefficient (Wildman–Crippen LogP) is 4.46. The Morgan fingerprint density at radius 3 is 2.48 bits per heavy atom. The van der Waals surface area contributed by atoms with Gasteiger partial charge in [-0.15, -0.1) is 0 Å². The first-order valence-electron chi connectivity index (χ1n) is 7.95. The molecule has 0 aromatic heterocycles. The van der Waals surface area contributed by atoms with Crippen molar-refractivity contribution in [3.63, 3.8) is 0 Å². The number of halogens is 1. The molecule has 1 amide bonds. The molecule has 1 N–H and O–H groups in total. The first-order valence-corrected chi connectivity index (χ1v) is 8.32. The summed E-state index contributed by atoms with van der Waals surface area (Å²) < 4.78 is 16.1. The second-order valence-electron chi connectivity index (χ2n) is 5.45. The van der Waals surface area contributed by atoms with E-state index in [1.54, 1.807) is 12.1 Å². The summed E-state index contributed by atoms with van der Waals surface area (Å²) in [5.41, 5.74) is 1.60. The number of methoxy groups -OCH3 is 2. The van der Waals surface area contributed by atoms with Gasteiger partial charge in [0.2, 0.25) is 5.91 Å². The Morgan fingerprint density at radius 2 is 1.80 bits per heavy atom. The number of aryl methyl sites for hydroxylation is 1. The average molecular weight is 364 g/mol. The number of ether oxygens (including phenoxy) is 3. The van der Waals surface area contributed by atoms with E-state index in [4.69, 9.17) is 25.8 Å². The van der Waals surface area contributed by atoms with Crippen LogP contribution in [0.25, 0.3) is 0 Å². The second-order valence-corrected chi connectivity index (χ2v) is 5.86. The van der Waals surface area contributed by atoms with E-state index in [1.807, 2.05) is 31.2 Å². The third-order valence-corrected chi connectivity index (χ3v) is 3.94. The van der Waals surface area contributed by atoms with E-state index in [2.05, 4.69) is 5.32 Å². The van der Waals surface area contributed by atoms with Gasteiger partial charge in [0.15, 0.2) is 0 Å². The molecule has 0 aliphatic heterocycles. The molecule has 0 heterocycles. The highest BCUT2D eigenvalue weighted by Crippen LogP contribution is 2.35. The van der Waals surface area contributed by atoms with Crippen molar-refractivity contribution in [1.29, 1.82) is 0 Å². The van der Waals surface area contributed by atoms with E-state index >= 15 is 0 Å². The summed E-state index contributed by atoms with van der Waals surface area (Å²) in [4.78, 5) is 12.1. The van der Waals surface area contributed by atoms with Crippen LogP contribution < -0.4 is 19.5 Å². The summed E-state index contributed by atoms with van der Waals surface area (Å²) in [6, 6.07) is 11.0. The number of carbonyl (C=O) groups is 1. The van der Waals surface area contributed by atoms with E-state index in [-0.39, 0.29) is 5.91 Å². The zero-order valence-electron chi connectivity index (χ0n) is 14.6. The van der Waals surface area contributed by atoms with Crippen LogP contribution in [0.5, 0.6) is 17.2 Å². The molecular formula is C19H22ClNO4. The van der Waals surface area contributed by atoms with Crippen molar-refractivity contribution < 1.29 is 19.0 Å². The van der Waals surface area contributed by atoms with Gasteiger partial charge in [-0.1, -0.05) is 29.8 Å². The summed E-state index contributed by atoms with van der Waals surface area (Å²) in [7, 11) is 3.03. The quantitative estimate of drug-likeness (QED) is 0.703. The molecule has 0 unspecified atom stereocenters. The zero-order valence-corrected chi connectivity index (χ0v) is 15.4. The van der Waals surface area contributed by atoms with E-state index in [0.717, 1.165) is 11.3 Å². The molecule has 0 saturated carbocycles. The molecule has 0 fully saturated rings. The molecule has 0 bridgehead atoms. The van der Waals surface area contributed by atoms with Crippen LogP contribution in [0, 0.1) is 6.92 Å². The lowest BCUT2D eigenvalue weighted by Gasteiger charge is -2.13. The number of amides is 1. The Labute approximate surface area is 152 Å². The minimum absolute atomic E-state index is 0.129. The van der Waals surface area contributed by atoms with Crippen LogP contribution in [0.15, 0.2) is 36.4 Å². The number of rotatable bonds is 8. The van der Waals surface area contributed by atoms with Crippen LogP contribution in [0.2, 0.25) is 5.02 Å².